The van der Waals surface area contributed by atoms with E-state index in [0.717, 1.165) is 12.1 Å². The molecule has 0 saturated heterocycles. The lowest BCUT2D eigenvalue weighted by atomic mass is 9.70. The zero-order valence-corrected chi connectivity index (χ0v) is 15.5. The minimum absolute atomic E-state index is 0.163. The highest BCUT2D eigenvalue weighted by molar-refractivity contribution is 5.96. The van der Waals surface area contributed by atoms with Crippen LogP contribution in [0.3, 0.4) is 0 Å². The van der Waals surface area contributed by atoms with Crippen LogP contribution in [-0.4, -0.2) is 24.0 Å². The molecule has 1 N–H and O–H groups in total. The van der Waals surface area contributed by atoms with E-state index in [1.54, 1.807) is 33.8 Å². The molecule has 0 fully saturated rings. The lowest BCUT2D eigenvalue weighted by molar-refractivity contribution is -0.140. The van der Waals surface area contributed by atoms with Gasteiger partial charge >= 0.3 is 12.1 Å². The lowest BCUT2D eigenvalue weighted by Gasteiger charge is -2.42. The monoisotopic (exact) mass is 382 g/mol. The number of benzene rings is 1. The highest BCUT2D eigenvalue weighted by Crippen LogP contribution is 2.48. The standard InChI is InChI=1S/C19H21F3N2O3/c1-5-26-17(25)14-10(2)23-18(4)16(11(3)24-27-18)15(14)12-7-6-8-13(9-12)19(20,21)22/h6-9,15-16,23H,5H2,1-4H3. The third kappa shape index (κ3) is 3.28. The molecule has 2 heterocycles. The van der Waals surface area contributed by atoms with Gasteiger partial charge in [-0.2, -0.15) is 13.2 Å². The van der Waals surface area contributed by atoms with Crippen molar-refractivity contribution in [3.8, 4) is 0 Å². The molecule has 8 heteroatoms. The first-order valence-corrected chi connectivity index (χ1v) is 8.64. The Morgan fingerprint density at radius 1 is 1.37 bits per heavy atom. The van der Waals surface area contributed by atoms with Crippen molar-refractivity contribution in [1.82, 2.24) is 5.32 Å². The van der Waals surface area contributed by atoms with Crippen molar-refractivity contribution in [2.45, 2.75) is 45.5 Å². The molecule has 3 unspecified atom stereocenters. The number of esters is 1. The molecule has 27 heavy (non-hydrogen) atoms. The maximum absolute atomic E-state index is 13.2. The zero-order chi connectivity index (χ0) is 20.0. The molecule has 0 aromatic heterocycles. The number of halogens is 3. The molecule has 0 amide bonds. The van der Waals surface area contributed by atoms with Crippen molar-refractivity contribution in [2.24, 2.45) is 11.1 Å². The molecule has 1 aromatic rings. The van der Waals surface area contributed by atoms with Crippen LogP contribution in [0.15, 0.2) is 40.7 Å². The fourth-order valence-electron chi connectivity index (χ4n) is 3.93. The quantitative estimate of drug-likeness (QED) is 0.804. The first-order valence-electron chi connectivity index (χ1n) is 8.64. The van der Waals surface area contributed by atoms with Gasteiger partial charge in [-0.25, -0.2) is 4.79 Å². The number of fused-ring (bicyclic) bond motifs is 1. The normalized spacial score (nSPS) is 27.4. The second-order valence-corrected chi connectivity index (χ2v) is 6.89. The molecule has 0 bridgehead atoms. The first-order chi connectivity index (χ1) is 12.6. The fraction of sp³-hybridized carbons (Fsp3) is 0.474. The highest BCUT2D eigenvalue weighted by Gasteiger charge is 2.54. The summed E-state index contributed by atoms with van der Waals surface area (Å²) in [5.41, 5.74) is 0.0304. The van der Waals surface area contributed by atoms with Crippen molar-refractivity contribution in [2.75, 3.05) is 6.61 Å². The Bertz CT molecular complexity index is 832. The molecule has 5 nitrogen and oxygen atoms in total. The van der Waals surface area contributed by atoms with Gasteiger partial charge in [-0.05, 0) is 39.3 Å². The van der Waals surface area contributed by atoms with E-state index in [1.807, 2.05) is 0 Å². The average Bonchev–Trinajstić information content (AvgIpc) is 2.87. The first kappa shape index (κ1) is 19.3. The number of rotatable bonds is 3. The number of nitrogens with one attached hydrogen (secondary N) is 1. The number of alkyl halides is 3. The third-order valence-corrected chi connectivity index (χ3v) is 4.98. The van der Waals surface area contributed by atoms with Gasteiger partial charge in [-0.1, -0.05) is 23.4 Å². The molecule has 0 spiro atoms. The van der Waals surface area contributed by atoms with E-state index >= 15 is 0 Å². The van der Waals surface area contributed by atoms with E-state index < -0.39 is 35.3 Å². The number of hydrogen-bond donors (Lipinski definition) is 1. The molecule has 1 aromatic carbocycles. The maximum atomic E-state index is 13.2. The van der Waals surface area contributed by atoms with Crippen LogP contribution in [-0.2, 0) is 20.5 Å². The maximum Gasteiger partial charge on any atom is 0.416 e. The zero-order valence-electron chi connectivity index (χ0n) is 15.5. The van der Waals surface area contributed by atoms with Crippen molar-refractivity contribution in [3.63, 3.8) is 0 Å². The number of hydrogen-bond acceptors (Lipinski definition) is 5. The van der Waals surface area contributed by atoms with E-state index in [1.165, 1.54) is 6.07 Å². The van der Waals surface area contributed by atoms with Gasteiger partial charge in [0, 0.05) is 11.6 Å². The van der Waals surface area contributed by atoms with Crippen LogP contribution >= 0.6 is 0 Å². The average molecular weight is 382 g/mol. The number of ether oxygens (including phenoxy) is 1. The van der Waals surface area contributed by atoms with Crippen LogP contribution in [0, 0.1) is 5.92 Å². The van der Waals surface area contributed by atoms with Crippen molar-refractivity contribution in [1.29, 1.82) is 0 Å². The second kappa shape index (κ2) is 6.58. The largest absolute Gasteiger partial charge is 0.463 e. The molecule has 0 radical (unpaired) electrons. The topological polar surface area (TPSA) is 59.9 Å². The summed E-state index contributed by atoms with van der Waals surface area (Å²) < 4.78 is 44.9. The van der Waals surface area contributed by atoms with E-state index in [4.69, 9.17) is 9.57 Å². The van der Waals surface area contributed by atoms with Gasteiger partial charge in [0.25, 0.3) is 0 Å². The Balaban J connectivity index is 2.19. The second-order valence-electron chi connectivity index (χ2n) is 6.89. The van der Waals surface area contributed by atoms with E-state index in [-0.39, 0.29) is 6.61 Å². The summed E-state index contributed by atoms with van der Waals surface area (Å²) in [5.74, 6) is -1.69. The molecule has 0 saturated carbocycles. The molecule has 3 rings (SSSR count). The summed E-state index contributed by atoms with van der Waals surface area (Å²) in [6, 6.07) is 5.02. The smallest absolute Gasteiger partial charge is 0.416 e. The number of carbonyl (C=O) groups excluding carboxylic acids is 1. The van der Waals surface area contributed by atoms with Crippen LogP contribution in [0.25, 0.3) is 0 Å². The van der Waals surface area contributed by atoms with Gasteiger partial charge in [0.05, 0.1) is 29.4 Å². The Morgan fingerprint density at radius 3 is 2.70 bits per heavy atom. The predicted octanol–water partition coefficient (Wildman–Crippen LogP) is 3.97. The number of oxime groups is 1. The summed E-state index contributed by atoms with van der Waals surface area (Å²) in [4.78, 5) is 18.2. The van der Waals surface area contributed by atoms with Gasteiger partial charge < -0.3 is 14.9 Å². The lowest BCUT2D eigenvalue weighted by Crippen LogP contribution is -2.55. The minimum Gasteiger partial charge on any atom is -0.463 e. The van der Waals surface area contributed by atoms with Crippen LogP contribution in [0.4, 0.5) is 13.2 Å². The molecule has 2 aliphatic heterocycles. The molecular weight excluding hydrogens is 361 g/mol. The minimum atomic E-state index is -4.48. The van der Waals surface area contributed by atoms with E-state index in [9.17, 15) is 18.0 Å². The predicted molar refractivity (Wildman–Crippen MR) is 92.7 cm³/mol. The molecule has 2 aliphatic rings. The Hall–Kier alpha value is -2.51. The number of allylic oxidation sites excluding steroid dienone is 1. The summed E-state index contributed by atoms with van der Waals surface area (Å²) in [7, 11) is 0. The van der Waals surface area contributed by atoms with Gasteiger partial charge in [0.15, 0.2) is 0 Å². The molecule has 146 valence electrons. The van der Waals surface area contributed by atoms with Crippen LogP contribution in [0.2, 0.25) is 0 Å². The van der Waals surface area contributed by atoms with Gasteiger partial charge in [-0.15, -0.1) is 0 Å². The SMILES string of the molecule is CCOC(=O)C1=C(C)NC2(C)ON=C(C)C2C1c1cccc(C(F)(F)F)c1. The molecule has 0 aliphatic carbocycles. The Morgan fingerprint density at radius 2 is 2.07 bits per heavy atom. The van der Waals surface area contributed by atoms with Crippen LogP contribution in [0.1, 0.15) is 44.7 Å². The van der Waals surface area contributed by atoms with Gasteiger partial charge in [0.1, 0.15) is 0 Å². The Kier molecular flexibility index (Phi) is 4.69. The van der Waals surface area contributed by atoms with Gasteiger partial charge in [0.2, 0.25) is 5.72 Å². The van der Waals surface area contributed by atoms with Crippen LogP contribution in [0.5, 0.6) is 0 Å². The molecular formula is C19H21F3N2O3. The van der Waals surface area contributed by atoms with Gasteiger partial charge in [-0.3, -0.25) is 0 Å². The van der Waals surface area contributed by atoms with E-state index in [0.29, 0.717) is 22.5 Å². The summed E-state index contributed by atoms with van der Waals surface area (Å²) in [6.07, 6.45) is -4.48. The van der Waals surface area contributed by atoms with E-state index in [2.05, 4.69) is 10.5 Å². The summed E-state index contributed by atoms with van der Waals surface area (Å²) in [5, 5.41) is 7.17. The van der Waals surface area contributed by atoms with Crippen molar-refractivity contribution in [3.05, 3.63) is 46.7 Å². The Labute approximate surface area is 155 Å². The summed E-state index contributed by atoms with van der Waals surface area (Å²) in [6.45, 7) is 7.03. The number of nitrogens with zero attached hydrogens (tertiary/aromatic N) is 1. The van der Waals surface area contributed by atoms with Crippen LogP contribution < -0.4 is 5.32 Å². The number of carbonyl (C=O) groups is 1. The molecule has 3 atom stereocenters. The third-order valence-electron chi connectivity index (χ3n) is 4.98. The highest BCUT2D eigenvalue weighted by atomic mass is 19.4. The summed E-state index contributed by atoms with van der Waals surface area (Å²) >= 11 is 0. The van der Waals surface area contributed by atoms with Crippen molar-refractivity contribution >= 4 is 11.7 Å². The fourth-order valence-corrected chi connectivity index (χ4v) is 3.93. The van der Waals surface area contributed by atoms with Crippen molar-refractivity contribution < 1.29 is 27.5 Å².